The van der Waals surface area contributed by atoms with Crippen LogP contribution in [0.25, 0.3) is 0 Å². The number of carbonyl (C=O) groups excluding carboxylic acids is 1. The van der Waals surface area contributed by atoms with Gasteiger partial charge in [-0.3, -0.25) is 9.63 Å². The Bertz CT molecular complexity index is 761. The Hall–Kier alpha value is -1.88. The van der Waals surface area contributed by atoms with E-state index < -0.39 is 0 Å². The van der Waals surface area contributed by atoms with Crippen LogP contribution >= 0.6 is 12.4 Å². The van der Waals surface area contributed by atoms with Crippen molar-refractivity contribution in [2.45, 2.75) is 58.6 Å². The predicted molar refractivity (Wildman–Crippen MR) is 120 cm³/mol. The number of nitrogens with zero attached hydrogens (tertiary/aromatic N) is 1. The summed E-state index contributed by atoms with van der Waals surface area (Å²) in [6.45, 7) is 7.22. The number of rotatable bonds is 9. The molecule has 5 heteroatoms. The molecule has 4 nitrogen and oxygen atoms in total. The first kappa shape index (κ1) is 23.4. The first-order chi connectivity index (χ1) is 13.7. The molecule has 3 rings (SSSR count). The summed E-state index contributed by atoms with van der Waals surface area (Å²) < 4.78 is 0. The molecular weight excluding hydrogens is 384 g/mol. The van der Waals surface area contributed by atoms with E-state index in [9.17, 15) is 4.79 Å². The highest BCUT2D eigenvalue weighted by molar-refractivity contribution is 5.93. The fourth-order valence-electron chi connectivity index (χ4n) is 4.06. The number of aryl methyl sites for hydroxylation is 1. The topological polar surface area (TPSA) is 41.6 Å². The molecule has 1 N–H and O–H groups in total. The van der Waals surface area contributed by atoms with Gasteiger partial charge in [-0.1, -0.05) is 50.2 Å². The third kappa shape index (κ3) is 6.56. The van der Waals surface area contributed by atoms with Crippen molar-refractivity contribution >= 4 is 18.3 Å². The first-order valence-corrected chi connectivity index (χ1v) is 10.5. The number of carbonyl (C=O) groups is 1. The van der Waals surface area contributed by atoms with E-state index in [1.165, 1.54) is 43.5 Å². The van der Waals surface area contributed by atoms with Gasteiger partial charge in [0.1, 0.15) is 0 Å². The molecule has 158 valence electrons. The van der Waals surface area contributed by atoms with Crippen LogP contribution < -0.4 is 5.48 Å². The van der Waals surface area contributed by atoms with E-state index >= 15 is 0 Å². The van der Waals surface area contributed by atoms with E-state index in [0.717, 1.165) is 18.4 Å². The summed E-state index contributed by atoms with van der Waals surface area (Å²) in [5.74, 6) is -0.181. The smallest absolute Gasteiger partial charge is 0.274 e. The molecule has 0 aromatic heterocycles. The Balaban J connectivity index is 0.00000300. The normalized spacial score (nSPS) is 15.5. The van der Waals surface area contributed by atoms with E-state index in [0.29, 0.717) is 18.2 Å². The maximum absolute atomic E-state index is 12.4. The SMILES string of the molecule is CCCN(CCC)C1CCc2cc(C(=O)NOCc3ccccc3)ccc2C1.Cl. The molecule has 0 saturated carbocycles. The average Bonchev–Trinajstić information content (AvgIpc) is 2.73. The molecule has 0 bridgehead atoms. The van der Waals surface area contributed by atoms with E-state index in [1.807, 2.05) is 42.5 Å². The third-order valence-electron chi connectivity index (χ3n) is 5.46. The molecule has 29 heavy (non-hydrogen) atoms. The van der Waals surface area contributed by atoms with E-state index in [4.69, 9.17) is 4.84 Å². The van der Waals surface area contributed by atoms with Gasteiger partial charge in [0.05, 0.1) is 6.61 Å². The summed E-state index contributed by atoms with van der Waals surface area (Å²) in [6, 6.07) is 16.5. The standard InChI is InChI=1S/C24H32N2O2.ClH/c1-3-14-26(15-4-2)23-13-12-20-16-22(11-10-21(20)17-23)24(27)25-28-18-19-8-6-5-7-9-19;/h5-11,16,23H,3-4,12-15,17-18H2,1-2H3,(H,25,27);1H. The lowest BCUT2D eigenvalue weighted by Crippen LogP contribution is -2.40. The lowest BCUT2D eigenvalue weighted by Gasteiger charge is -2.35. The molecule has 0 heterocycles. The van der Waals surface area contributed by atoms with Crippen molar-refractivity contribution in [3.8, 4) is 0 Å². The minimum Gasteiger partial charge on any atom is -0.300 e. The summed E-state index contributed by atoms with van der Waals surface area (Å²) in [7, 11) is 0. The van der Waals surface area contributed by atoms with Crippen LogP contribution in [0.2, 0.25) is 0 Å². The molecule has 1 atom stereocenters. The van der Waals surface area contributed by atoms with Crippen molar-refractivity contribution in [3.05, 3.63) is 70.8 Å². The number of hydroxylamine groups is 1. The van der Waals surface area contributed by atoms with Gasteiger partial charge >= 0.3 is 0 Å². The number of benzene rings is 2. The molecule has 1 aliphatic carbocycles. The van der Waals surface area contributed by atoms with E-state index in [2.05, 4.69) is 30.3 Å². The highest BCUT2D eigenvalue weighted by Gasteiger charge is 2.24. The van der Waals surface area contributed by atoms with Crippen LogP contribution in [0.4, 0.5) is 0 Å². The van der Waals surface area contributed by atoms with Gasteiger partial charge in [0.25, 0.3) is 5.91 Å². The third-order valence-corrected chi connectivity index (χ3v) is 5.46. The zero-order chi connectivity index (χ0) is 19.8. The summed E-state index contributed by atoms with van der Waals surface area (Å²) >= 11 is 0. The Labute approximate surface area is 181 Å². The molecule has 1 unspecified atom stereocenters. The molecule has 2 aromatic rings. The van der Waals surface area contributed by atoms with Crippen LogP contribution in [0.15, 0.2) is 48.5 Å². The Morgan fingerprint density at radius 3 is 2.48 bits per heavy atom. The zero-order valence-electron chi connectivity index (χ0n) is 17.5. The highest BCUT2D eigenvalue weighted by atomic mass is 35.5. The molecule has 0 radical (unpaired) electrons. The minimum absolute atomic E-state index is 0. The van der Waals surface area contributed by atoms with Crippen LogP contribution in [0.1, 0.15) is 60.2 Å². The summed E-state index contributed by atoms with van der Waals surface area (Å²) in [6.07, 6.45) is 5.69. The molecular formula is C24H33ClN2O2. The lowest BCUT2D eigenvalue weighted by molar-refractivity contribution is 0.0233. The summed E-state index contributed by atoms with van der Waals surface area (Å²) in [4.78, 5) is 20.4. The van der Waals surface area contributed by atoms with Gasteiger partial charge in [-0.2, -0.15) is 0 Å². The van der Waals surface area contributed by atoms with Crippen molar-refractivity contribution in [1.82, 2.24) is 10.4 Å². The van der Waals surface area contributed by atoms with Crippen LogP contribution in [0, 0.1) is 0 Å². The number of hydrogen-bond acceptors (Lipinski definition) is 3. The number of amides is 1. The van der Waals surface area contributed by atoms with Crippen LogP contribution in [0.5, 0.6) is 0 Å². The highest BCUT2D eigenvalue weighted by Crippen LogP contribution is 2.26. The van der Waals surface area contributed by atoms with E-state index in [1.54, 1.807) is 0 Å². The Morgan fingerprint density at radius 2 is 1.79 bits per heavy atom. The molecule has 0 spiro atoms. The predicted octanol–water partition coefficient (Wildman–Crippen LogP) is 4.95. The largest absolute Gasteiger partial charge is 0.300 e. The second-order valence-electron chi connectivity index (χ2n) is 7.62. The summed E-state index contributed by atoms with van der Waals surface area (Å²) in [5.41, 5.74) is 6.96. The number of halogens is 1. The monoisotopic (exact) mass is 416 g/mol. The zero-order valence-corrected chi connectivity index (χ0v) is 18.3. The molecule has 1 amide bonds. The second kappa shape index (κ2) is 12.0. The van der Waals surface area contributed by atoms with Gasteiger partial charge < -0.3 is 4.90 Å². The lowest BCUT2D eigenvalue weighted by atomic mass is 9.86. The van der Waals surface area contributed by atoms with Crippen LogP contribution in [-0.2, 0) is 24.3 Å². The van der Waals surface area contributed by atoms with Crippen molar-refractivity contribution in [2.75, 3.05) is 13.1 Å². The average molecular weight is 417 g/mol. The number of fused-ring (bicyclic) bond motifs is 1. The van der Waals surface area contributed by atoms with Gasteiger partial charge in [0.15, 0.2) is 0 Å². The molecule has 2 aromatic carbocycles. The van der Waals surface area contributed by atoms with Crippen LogP contribution in [-0.4, -0.2) is 29.9 Å². The van der Waals surface area contributed by atoms with Gasteiger partial charge in [-0.15, -0.1) is 12.4 Å². The fraction of sp³-hybridized carbons (Fsp3) is 0.458. The summed E-state index contributed by atoms with van der Waals surface area (Å²) in [5, 5.41) is 0. The van der Waals surface area contributed by atoms with Gasteiger partial charge in [0.2, 0.25) is 0 Å². The fourth-order valence-corrected chi connectivity index (χ4v) is 4.06. The number of hydrogen-bond donors (Lipinski definition) is 1. The maximum Gasteiger partial charge on any atom is 0.274 e. The second-order valence-corrected chi connectivity index (χ2v) is 7.62. The number of nitrogens with one attached hydrogen (secondary N) is 1. The van der Waals surface area contributed by atoms with Crippen LogP contribution in [0.3, 0.4) is 0 Å². The Morgan fingerprint density at radius 1 is 1.07 bits per heavy atom. The maximum atomic E-state index is 12.4. The van der Waals surface area contributed by atoms with Gasteiger partial charge in [-0.25, -0.2) is 5.48 Å². The quantitative estimate of drug-likeness (QED) is 0.588. The van der Waals surface area contributed by atoms with Crippen molar-refractivity contribution in [3.63, 3.8) is 0 Å². The molecule has 0 saturated heterocycles. The van der Waals surface area contributed by atoms with Gasteiger partial charge in [0, 0.05) is 11.6 Å². The van der Waals surface area contributed by atoms with Gasteiger partial charge in [-0.05, 0) is 74.0 Å². The molecule has 1 aliphatic rings. The molecule has 0 fully saturated rings. The minimum atomic E-state index is -0.181. The molecule has 0 aliphatic heterocycles. The Kier molecular flexibility index (Phi) is 9.65. The van der Waals surface area contributed by atoms with Crippen molar-refractivity contribution in [2.24, 2.45) is 0 Å². The van der Waals surface area contributed by atoms with Crippen molar-refractivity contribution in [1.29, 1.82) is 0 Å². The first-order valence-electron chi connectivity index (χ1n) is 10.5. The van der Waals surface area contributed by atoms with E-state index in [-0.39, 0.29) is 18.3 Å². The van der Waals surface area contributed by atoms with Crippen molar-refractivity contribution < 1.29 is 9.63 Å².